The maximum Gasteiger partial charge on any atom is 0.229 e. The van der Waals surface area contributed by atoms with E-state index in [1.54, 1.807) is 26.0 Å². The highest BCUT2D eigenvalue weighted by molar-refractivity contribution is 5.92. The number of amides is 1. The summed E-state index contributed by atoms with van der Waals surface area (Å²) < 4.78 is 20.3. The molecule has 0 bridgehead atoms. The highest BCUT2D eigenvalue weighted by Crippen LogP contribution is 2.42. The molecule has 0 saturated carbocycles. The first-order valence-corrected chi connectivity index (χ1v) is 13.0. The predicted molar refractivity (Wildman–Crippen MR) is 146 cm³/mol. The average Bonchev–Trinajstić information content (AvgIpc) is 3.26. The summed E-state index contributed by atoms with van der Waals surface area (Å²) in [6, 6.07) is 24.4. The minimum atomic E-state index is -1.12. The Hall–Kier alpha value is -3.97. The van der Waals surface area contributed by atoms with E-state index < -0.39 is 5.60 Å². The number of hydrogen-bond acceptors (Lipinski definition) is 5. The van der Waals surface area contributed by atoms with Crippen LogP contribution in [0.5, 0.6) is 0 Å². The van der Waals surface area contributed by atoms with Gasteiger partial charge in [0.15, 0.2) is 0 Å². The van der Waals surface area contributed by atoms with Crippen molar-refractivity contribution in [1.29, 1.82) is 0 Å². The van der Waals surface area contributed by atoms with Gasteiger partial charge in [0.25, 0.3) is 0 Å². The molecule has 5 rings (SSSR count). The van der Waals surface area contributed by atoms with Crippen molar-refractivity contribution in [1.82, 2.24) is 5.16 Å². The van der Waals surface area contributed by atoms with Gasteiger partial charge in [0.2, 0.25) is 5.91 Å². The van der Waals surface area contributed by atoms with Crippen LogP contribution in [0.25, 0.3) is 0 Å². The van der Waals surface area contributed by atoms with Crippen LogP contribution in [0.2, 0.25) is 0 Å². The van der Waals surface area contributed by atoms with Gasteiger partial charge in [-0.3, -0.25) is 4.79 Å². The van der Waals surface area contributed by atoms with Gasteiger partial charge >= 0.3 is 0 Å². The van der Waals surface area contributed by atoms with Crippen LogP contribution in [0.3, 0.4) is 0 Å². The minimum Gasteiger partial charge on any atom is -0.380 e. The van der Waals surface area contributed by atoms with Crippen molar-refractivity contribution in [2.75, 3.05) is 23.3 Å². The van der Waals surface area contributed by atoms with Crippen molar-refractivity contribution in [3.63, 3.8) is 0 Å². The molecule has 38 heavy (non-hydrogen) atoms. The number of rotatable bonds is 7. The number of aryl methyl sites for hydroxylation is 2. The fraction of sp³-hybridized carbons (Fsp3) is 0.290. The molecule has 1 fully saturated rings. The normalized spacial score (nSPS) is 14.5. The van der Waals surface area contributed by atoms with E-state index in [4.69, 9.17) is 4.52 Å². The molecule has 7 heteroatoms. The van der Waals surface area contributed by atoms with Crippen molar-refractivity contribution >= 4 is 17.3 Å². The second kappa shape index (κ2) is 10.8. The fourth-order valence-electron chi connectivity index (χ4n) is 5.52. The van der Waals surface area contributed by atoms with Gasteiger partial charge in [0.05, 0.1) is 17.8 Å². The zero-order valence-corrected chi connectivity index (χ0v) is 21.7. The molecule has 0 aliphatic carbocycles. The number of halogens is 1. The maximum atomic E-state index is 15.2. The molecule has 1 saturated heterocycles. The van der Waals surface area contributed by atoms with Crippen molar-refractivity contribution < 1.29 is 18.8 Å². The first-order chi connectivity index (χ1) is 18.4. The third-order valence-corrected chi connectivity index (χ3v) is 7.60. The smallest absolute Gasteiger partial charge is 0.229 e. The van der Waals surface area contributed by atoms with Gasteiger partial charge in [-0.05, 0) is 61.9 Å². The minimum absolute atomic E-state index is 0.0190. The second-order valence-electron chi connectivity index (χ2n) is 9.95. The summed E-state index contributed by atoms with van der Waals surface area (Å²) in [6.45, 7) is 4.78. The maximum absolute atomic E-state index is 15.2. The Morgan fingerprint density at radius 2 is 1.63 bits per heavy atom. The quantitative estimate of drug-likeness (QED) is 0.328. The largest absolute Gasteiger partial charge is 0.380 e. The average molecular weight is 514 g/mol. The Balaban J connectivity index is 1.27. The molecule has 0 atom stereocenters. The van der Waals surface area contributed by atoms with E-state index in [1.165, 1.54) is 6.07 Å². The number of anilines is 2. The first kappa shape index (κ1) is 25.7. The van der Waals surface area contributed by atoms with Crippen molar-refractivity contribution in [2.45, 2.75) is 38.7 Å². The molecule has 0 spiro atoms. The lowest BCUT2D eigenvalue weighted by molar-refractivity contribution is -0.115. The van der Waals surface area contributed by atoms with Crippen LogP contribution in [-0.4, -0.2) is 29.3 Å². The molecular weight excluding hydrogens is 481 g/mol. The molecule has 6 nitrogen and oxygen atoms in total. The number of hydrogen-bond donors (Lipinski definition) is 2. The van der Waals surface area contributed by atoms with Gasteiger partial charge in [0, 0.05) is 24.3 Å². The number of carbonyl (C=O) groups excluding carboxylic acids is 1. The number of aliphatic hydroxyl groups is 1. The van der Waals surface area contributed by atoms with Crippen LogP contribution in [0.1, 0.15) is 41.0 Å². The second-order valence-corrected chi connectivity index (χ2v) is 9.95. The number of aromatic nitrogens is 1. The van der Waals surface area contributed by atoms with Crippen molar-refractivity contribution in [2.24, 2.45) is 5.92 Å². The zero-order chi connectivity index (χ0) is 26.7. The third kappa shape index (κ3) is 5.07. The third-order valence-electron chi connectivity index (χ3n) is 7.60. The molecule has 2 N–H and O–H groups in total. The predicted octanol–water partition coefficient (Wildman–Crippen LogP) is 5.76. The molecule has 0 unspecified atom stereocenters. The summed E-state index contributed by atoms with van der Waals surface area (Å²) in [5.74, 6) is -0.0584. The Morgan fingerprint density at radius 1 is 1.03 bits per heavy atom. The van der Waals surface area contributed by atoms with E-state index in [0.717, 1.165) is 16.7 Å². The summed E-state index contributed by atoms with van der Waals surface area (Å²) in [5.41, 5.74) is 2.93. The van der Waals surface area contributed by atoms with Gasteiger partial charge in [-0.2, -0.15) is 0 Å². The van der Waals surface area contributed by atoms with Gasteiger partial charge in [-0.15, -0.1) is 0 Å². The number of nitrogens with zero attached hydrogens (tertiary/aromatic N) is 2. The summed E-state index contributed by atoms with van der Waals surface area (Å²) in [5, 5.41) is 18.7. The van der Waals surface area contributed by atoms with E-state index in [0.29, 0.717) is 48.8 Å². The molecule has 3 aromatic carbocycles. The SMILES string of the molecule is Cc1noc(C)c1CC(=O)Nc1ccc(N2CCC(C(O)(c3ccccc3)c3ccccc3)CC2)c(F)c1. The van der Waals surface area contributed by atoms with Crippen LogP contribution >= 0.6 is 0 Å². The molecule has 0 radical (unpaired) electrons. The van der Waals surface area contributed by atoms with E-state index in [2.05, 4.69) is 10.5 Å². The number of carbonyl (C=O) groups is 1. The van der Waals surface area contributed by atoms with Crippen LogP contribution < -0.4 is 10.2 Å². The Labute approximate surface area is 222 Å². The molecule has 1 aliphatic rings. The fourth-order valence-corrected chi connectivity index (χ4v) is 5.52. The molecule has 2 heterocycles. The Kier molecular flexibility index (Phi) is 7.29. The lowest BCUT2D eigenvalue weighted by Gasteiger charge is -2.43. The van der Waals surface area contributed by atoms with E-state index in [-0.39, 0.29) is 24.1 Å². The zero-order valence-electron chi connectivity index (χ0n) is 21.7. The number of nitrogens with one attached hydrogen (secondary N) is 1. The highest BCUT2D eigenvalue weighted by Gasteiger charge is 2.41. The number of piperidine rings is 1. The highest BCUT2D eigenvalue weighted by atomic mass is 19.1. The Bertz CT molecular complexity index is 1340. The van der Waals surface area contributed by atoms with Crippen molar-refractivity contribution in [3.8, 4) is 0 Å². The van der Waals surface area contributed by atoms with E-state index in [1.807, 2.05) is 65.6 Å². The molecule has 196 valence electrons. The van der Waals surface area contributed by atoms with E-state index in [9.17, 15) is 9.90 Å². The first-order valence-electron chi connectivity index (χ1n) is 13.0. The molecular formula is C31H32FN3O3. The van der Waals surface area contributed by atoms with E-state index >= 15 is 4.39 Å². The molecule has 1 amide bonds. The topological polar surface area (TPSA) is 78.6 Å². The van der Waals surface area contributed by atoms with Gasteiger partial charge in [0.1, 0.15) is 17.2 Å². The van der Waals surface area contributed by atoms with Gasteiger partial charge < -0.3 is 19.8 Å². The van der Waals surface area contributed by atoms with Crippen LogP contribution in [0, 0.1) is 25.6 Å². The van der Waals surface area contributed by atoms with Crippen LogP contribution in [-0.2, 0) is 16.8 Å². The van der Waals surface area contributed by atoms with Crippen molar-refractivity contribution in [3.05, 3.63) is 113 Å². The Morgan fingerprint density at radius 3 is 2.16 bits per heavy atom. The van der Waals surface area contributed by atoms with Gasteiger partial charge in [-0.1, -0.05) is 65.8 Å². The summed E-state index contributed by atoms with van der Waals surface area (Å²) >= 11 is 0. The molecule has 1 aliphatic heterocycles. The summed E-state index contributed by atoms with van der Waals surface area (Å²) in [6.07, 6.45) is 1.52. The van der Waals surface area contributed by atoms with Crippen LogP contribution in [0.4, 0.5) is 15.8 Å². The summed E-state index contributed by atoms with van der Waals surface area (Å²) in [4.78, 5) is 14.5. The van der Waals surface area contributed by atoms with Gasteiger partial charge in [-0.25, -0.2) is 4.39 Å². The summed E-state index contributed by atoms with van der Waals surface area (Å²) in [7, 11) is 0. The molecule has 1 aromatic heterocycles. The number of benzene rings is 3. The molecule has 4 aromatic rings. The lowest BCUT2D eigenvalue weighted by atomic mass is 9.72. The standard InChI is InChI=1S/C31H32FN3O3/c1-21-27(22(2)38-34-21)20-30(36)33-26-13-14-29(28(32)19-26)35-17-15-25(16-18-35)31(37,23-9-5-3-6-10-23)24-11-7-4-8-12-24/h3-14,19,25,37H,15-18,20H2,1-2H3,(H,33,36). The van der Waals surface area contributed by atoms with Crippen LogP contribution in [0.15, 0.2) is 83.4 Å². The monoisotopic (exact) mass is 513 g/mol. The lowest BCUT2D eigenvalue weighted by Crippen LogP contribution is -2.44.